The quantitative estimate of drug-likeness (QED) is 0.790. The van der Waals surface area contributed by atoms with Crippen LogP contribution in [-0.2, 0) is 4.79 Å². The van der Waals surface area contributed by atoms with Crippen molar-refractivity contribution in [2.24, 2.45) is 0 Å². The van der Waals surface area contributed by atoms with Gasteiger partial charge in [-0.2, -0.15) is 0 Å². The summed E-state index contributed by atoms with van der Waals surface area (Å²) in [5.74, 6) is 0.0657. The number of urea groups is 1. The smallest absolute Gasteiger partial charge is 0.319 e. The van der Waals surface area contributed by atoms with Crippen LogP contribution in [0.3, 0.4) is 0 Å². The zero-order valence-corrected chi connectivity index (χ0v) is 11.9. The van der Waals surface area contributed by atoms with Gasteiger partial charge in [-0.15, -0.1) is 0 Å². The van der Waals surface area contributed by atoms with Crippen molar-refractivity contribution in [3.05, 3.63) is 17.2 Å². The second kappa shape index (κ2) is 7.03. The van der Waals surface area contributed by atoms with E-state index in [4.69, 9.17) is 26.2 Å². The van der Waals surface area contributed by atoms with Gasteiger partial charge in [-0.05, 0) is 0 Å². The number of carboxylic acids is 1. The van der Waals surface area contributed by atoms with Crippen molar-refractivity contribution >= 4 is 29.3 Å². The highest BCUT2D eigenvalue weighted by atomic mass is 35.5. The lowest BCUT2D eigenvalue weighted by Crippen LogP contribution is -2.30. The van der Waals surface area contributed by atoms with Gasteiger partial charge in [0.25, 0.3) is 0 Å². The van der Waals surface area contributed by atoms with Gasteiger partial charge in [0.15, 0.2) is 11.5 Å². The van der Waals surface area contributed by atoms with Crippen molar-refractivity contribution in [1.82, 2.24) is 5.32 Å². The zero-order valence-electron chi connectivity index (χ0n) is 11.1. The first-order valence-corrected chi connectivity index (χ1v) is 6.80. The fourth-order valence-electron chi connectivity index (χ4n) is 1.73. The lowest BCUT2D eigenvalue weighted by Gasteiger charge is -2.12. The minimum atomic E-state index is -0.982. The molecule has 7 nitrogen and oxygen atoms in total. The van der Waals surface area contributed by atoms with Crippen molar-refractivity contribution in [2.75, 3.05) is 25.1 Å². The highest BCUT2D eigenvalue weighted by molar-refractivity contribution is 6.34. The number of halogens is 1. The van der Waals surface area contributed by atoms with Gasteiger partial charge in [0.2, 0.25) is 0 Å². The number of carbonyl (C=O) groups excluding carboxylic acids is 1. The number of fused-ring (bicyclic) bond motifs is 1. The van der Waals surface area contributed by atoms with Crippen molar-refractivity contribution in [3.63, 3.8) is 0 Å². The Kier molecular flexibility index (Phi) is 5.10. The number of hydrogen-bond acceptors (Lipinski definition) is 4. The van der Waals surface area contributed by atoms with E-state index in [1.54, 1.807) is 12.1 Å². The van der Waals surface area contributed by atoms with Gasteiger partial charge < -0.3 is 25.2 Å². The van der Waals surface area contributed by atoms with E-state index in [0.717, 1.165) is 6.42 Å². The second-order valence-corrected chi connectivity index (χ2v) is 4.76. The Morgan fingerprint density at radius 3 is 2.57 bits per heavy atom. The van der Waals surface area contributed by atoms with Crippen LogP contribution in [0.4, 0.5) is 10.5 Å². The molecule has 1 aliphatic rings. The van der Waals surface area contributed by atoms with E-state index in [-0.39, 0.29) is 13.0 Å². The van der Waals surface area contributed by atoms with Crippen LogP contribution in [0.1, 0.15) is 12.8 Å². The van der Waals surface area contributed by atoms with Gasteiger partial charge in [-0.3, -0.25) is 4.79 Å². The summed E-state index contributed by atoms with van der Waals surface area (Å²) < 4.78 is 11.0. The first-order valence-electron chi connectivity index (χ1n) is 6.42. The molecule has 1 aliphatic heterocycles. The molecule has 0 bridgehead atoms. The van der Waals surface area contributed by atoms with Gasteiger partial charge in [-0.1, -0.05) is 11.6 Å². The molecular formula is C13H15ClN2O5. The van der Waals surface area contributed by atoms with Crippen molar-refractivity contribution < 1.29 is 24.2 Å². The molecule has 21 heavy (non-hydrogen) atoms. The Labute approximate surface area is 126 Å². The summed E-state index contributed by atoms with van der Waals surface area (Å²) in [6, 6.07) is 2.63. The average molecular weight is 315 g/mol. The van der Waals surface area contributed by atoms with E-state index in [1.165, 1.54) is 0 Å². The molecule has 0 aromatic heterocycles. The number of carboxylic acid groups (broad SMARTS) is 1. The number of aliphatic carboxylic acids is 1. The molecule has 0 saturated carbocycles. The molecule has 1 aromatic rings. The maximum atomic E-state index is 11.6. The van der Waals surface area contributed by atoms with Crippen molar-refractivity contribution in [2.45, 2.75) is 12.8 Å². The molecule has 1 heterocycles. The van der Waals surface area contributed by atoms with Crippen molar-refractivity contribution in [1.29, 1.82) is 0 Å². The minimum absolute atomic E-state index is 0.0311. The molecule has 0 radical (unpaired) electrons. The van der Waals surface area contributed by atoms with Crippen LogP contribution in [0.15, 0.2) is 12.1 Å². The molecule has 0 fully saturated rings. The lowest BCUT2D eigenvalue weighted by molar-refractivity contribution is -0.136. The standard InChI is InChI=1S/C13H15ClN2O5/c14-8-6-10-11(21-5-1-4-20-10)7-9(8)16-13(19)15-3-2-12(17)18/h6-7H,1-5H2,(H,17,18)(H2,15,16,19). The van der Waals surface area contributed by atoms with Crippen LogP contribution in [0.25, 0.3) is 0 Å². The van der Waals surface area contributed by atoms with Gasteiger partial charge in [-0.25, -0.2) is 4.79 Å². The molecule has 0 unspecified atom stereocenters. The van der Waals surface area contributed by atoms with Crippen LogP contribution in [-0.4, -0.2) is 36.9 Å². The Hall–Kier alpha value is -2.15. The molecule has 1 aromatic carbocycles. The number of benzene rings is 1. The number of carbonyl (C=O) groups is 2. The number of anilines is 1. The summed E-state index contributed by atoms with van der Waals surface area (Å²) in [5, 5.41) is 13.8. The number of hydrogen-bond donors (Lipinski definition) is 3. The summed E-state index contributed by atoms with van der Waals surface area (Å²) in [4.78, 5) is 22.0. The van der Waals surface area contributed by atoms with E-state index in [2.05, 4.69) is 10.6 Å². The van der Waals surface area contributed by atoms with E-state index in [9.17, 15) is 9.59 Å². The zero-order chi connectivity index (χ0) is 15.2. The van der Waals surface area contributed by atoms with Crippen molar-refractivity contribution in [3.8, 4) is 11.5 Å². The molecule has 114 valence electrons. The average Bonchev–Trinajstić information content (AvgIpc) is 2.63. The summed E-state index contributed by atoms with van der Waals surface area (Å²) in [7, 11) is 0. The third-order valence-electron chi connectivity index (χ3n) is 2.71. The minimum Gasteiger partial charge on any atom is -0.490 e. The highest BCUT2D eigenvalue weighted by Crippen LogP contribution is 2.37. The molecule has 8 heteroatoms. The number of nitrogens with one attached hydrogen (secondary N) is 2. The number of ether oxygens (including phenoxy) is 2. The predicted octanol–water partition coefficient (Wildman–Crippen LogP) is 2.10. The number of amides is 2. The fraction of sp³-hybridized carbons (Fsp3) is 0.385. The molecular weight excluding hydrogens is 300 g/mol. The van der Waals surface area contributed by atoms with Gasteiger partial charge in [0, 0.05) is 25.1 Å². The van der Waals surface area contributed by atoms with Crippen LogP contribution >= 0.6 is 11.6 Å². The first-order chi connectivity index (χ1) is 10.1. The molecule has 0 aliphatic carbocycles. The molecule has 2 amide bonds. The second-order valence-electron chi connectivity index (χ2n) is 4.35. The SMILES string of the molecule is O=C(O)CCNC(=O)Nc1cc2c(cc1Cl)OCCCO2. The lowest BCUT2D eigenvalue weighted by atomic mass is 10.2. The normalized spacial score (nSPS) is 13.2. The van der Waals surface area contributed by atoms with Crippen LogP contribution < -0.4 is 20.1 Å². The van der Waals surface area contributed by atoms with Crippen LogP contribution in [0.2, 0.25) is 5.02 Å². The topological polar surface area (TPSA) is 96.9 Å². The number of rotatable bonds is 4. The van der Waals surface area contributed by atoms with Crippen LogP contribution in [0, 0.1) is 0 Å². The fourth-order valence-corrected chi connectivity index (χ4v) is 1.93. The monoisotopic (exact) mass is 314 g/mol. The third kappa shape index (κ3) is 4.42. The molecule has 0 spiro atoms. The Morgan fingerprint density at radius 1 is 1.24 bits per heavy atom. The van der Waals surface area contributed by atoms with E-state index >= 15 is 0 Å². The van der Waals surface area contributed by atoms with Crippen LogP contribution in [0.5, 0.6) is 11.5 Å². The predicted molar refractivity (Wildman–Crippen MR) is 76.3 cm³/mol. The Morgan fingerprint density at radius 2 is 1.90 bits per heavy atom. The van der Waals surface area contributed by atoms with E-state index < -0.39 is 12.0 Å². The maximum Gasteiger partial charge on any atom is 0.319 e. The third-order valence-corrected chi connectivity index (χ3v) is 3.02. The summed E-state index contributed by atoms with van der Waals surface area (Å²) in [6.45, 7) is 1.11. The summed E-state index contributed by atoms with van der Waals surface area (Å²) in [6.07, 6.45) is 0.618. The van der Waals surface area contributed by atoms with E-state index in [1.807, 2.05) is 0 Å². The Bertz CT molecular complexity index is 550. The highest BCUT2D eigenvalue weighted by Gasteiger charge is 2.15. The molecule has 3 N–H and O–H groups in total. The molecule has 0 atom stereocenters. The van der Waals surface area contributed by atoms with E-state index in [0.29, 0.717) is 35.4 Å². The van der Waals surface area contributed by atoms with Gasteiger partial charge >= 0.3 is 12.0 Å². The first kappa shape index (κ1) is 15.2. The van der Waals surface area contributed by atoms with Gasteiger partial charge in [0.05, 0.1) is 30.3 Å². The summed E-state index contributed by atoms with van der Waals surface area (Å²) >= 11 is 6.07. The summed E-state index contributed by atoms with van der Waals surface area (Å²) in [5.41, 5.74) is 0.369. The van der Waals surface area contributed by atoms with Gasteiger partial charge in [0.1, 0.15) is 0 Å². The maximum absolute atomic E-state index is 11.6. The molecule has 0 saturated heterocycles. The molecule has 2 rings (SSSR count). The largest absolute Gasteiger partial charge is 0.490 e. The Balaban J connectivity index is 2.01.